The molecule has 0 radical (unpaired) electrons. The lowest BCUT2D eigenvalue weighted by Crippen LogP contribution is -2.17. The molecule has 3 rings (SSSR count). The van der Waals surface area contributed by atoms with Crippen LogP contribution in [0.4, 0.5) is 30.6 Å². The fraction of sp³-hybridized carbons (Fsp3) is 0.238. The summed E-state index contributed by atoms with van der Waals surface area (Å²) in [6, 6.07) is 15.3. The van der Waals surface area contributed by atoms with Crippen molar-refractivity contribution in [2.45, 2.75) is 19.7 Å². The van der Waals surface area contributed by atoms with Gasteiger partial charge >= 0.3 is 6.36 Å². The monoisotopic (exact) mass is 418 g/mol. The average molecular weight is 418 g/mol. The van der Waals surface area contributed by atoms with Gasteiger partial charge in [0.1, 0.15) is 11.6 Å². The molecule has 0 saturated heterocycles. The fourth-order valence-corrected chi connectivity index (χ4v) is 2.74. The van der Waals surface area contributed by atoms with Crippen LogP contribution in [0.25, 0.3) is 11.3 Å². The summed E-state index contributed by atoms with van der Waals surface area (Å²) in [7, 11) is 0. The largest absolute Gasteiger partial charge is 0.573 e. The van der Waals surface area contributed by atoms with Crippen molar-refractivity contribution in [2.24, 2.45) is 0 Å². The lowest BCUT2D eigenvalue weighted by atomic mass is 10.1. The van der Waals surface area contributed by atoms with E-state index in [1.54, 1.807) is 13.0 Å². The third-order valence-corrected chi connectivity index (χ3v) is 4.11. The molecule has 3 aromatic rings. The molecule has 0 atom stereocenters. The van der Waals surface area contributed by atoms with Crippen LogP contribution in [0.3, 0.4) is 0 Å². The quantitative estimate of drug-likeness (QED) is 0.452. The number of hydrogen-bond donors (Lipinski definition) is 3. The van der Waals surface area contributed by atoms with E-state index in [9.17, 15) is 13.2 Å². The maximum absolute atomic E-state index is 12.4. The van der Waals surface area contributed by atoms with Gasteiger partial charge in [0.05, 0.1) is 5.69 Å². The van der Waals surface area contributed by atoms with E-state index in [1.807, 2.05) is 30.3 Å². The first-order valence-corrected chi connectivity index (χ1v) is 9.27. The highest BCUT2D eigenvalue weighted by atomic mass is 19.4. The molecular formula is C21H21F3N4O2. The van der Waals surface area contributed by atoms with Gasteiger partial charge in [-0.25, -0.2) is 4.98 Å². The maximum Gasteiger partial charge on any atom is 0.573 e. The van der Waals surface area contributed by atoms with E-state index in [1.165, 1.54) is 18.2 Å². The molecule has 158 valence electrons. The van der Waals surface area contributed by atoms with Crippen molar-refractivity contribution in [3.8, 4) is 17.0 Å². The van der Waals surface area contributed by atoms with Gasteiger partial charge in [0.2, 0.25) is 5.95 Å². The van der Waals surface area contributed by atoms with Crippen molar-refractivity contribution in [1.82, 2.24) is 9.97 Å². The minimum atomic E-state index is -4.74. The summed E-state index contributed by atoms with van der Waals surface area (Å²) < 4.78 is 41.2. The van der Waals surface area contributed by atoms with Crippen molar-refractivity contribution in [1.29, 1.82) is 0 Å². The lowest BCUT2D eigenvalue weighted by Gasteiger charge is -2.14. The molecule has 1 aromatic heterocycles. The van der Waals surface area contributed by atoms with Crippen molar-refractivity contribution in [2.75, 3.05) is 23.8 Å². The predicted molar refractivity (Wildman–Crippen MR) is 109 cm³/mol. The molecule has 3 N–H and O–H groups in total. The number of rotatable bonds is 8. The molecule has 0 unspecified atom stereocenters. The highest BCUT2D eigenvalue weighted by Crippen LogP contribution is 2.29. The lowest BCUT2D eigenvalue weighted by molar-refractivity contribution is -0.274. The van der Waals surface area contributed by atoms with Gasteiger partial charge in [-0.05, 0) is 37.1 Å². The Morgan fingerprint density at radius 1 is 1.03 bits per heavy atom. The summed E-state index contributed by atoms with van der Waals surface area (Å²) in [5, 5.41) is 15.2. The van der Waals surface area contributed by atoms with Gasteiger partial charge in [-0.15, -0.1) is 13.2 Å². The standard InChI is InChI=1S/C21H21F3N4O2/c1-14-12-16(30-21(22,23)24)8-9-17(14)26-19-13-18(15-6-3-2-4-7-15)27-20(28-19)25-10-5-11-29/h2-4,6-9,12-13,29H,5,10-11H2,1H3,(H2,25,26,27,28). The molecule has 0 spiro atoms. The molecule has 0 aliphatic carbocycles. The van der Waals surface area contributed by atoms with Gasteiger partial charge in [-0.1, -0.05) is 30.3 Å². The first kappa shape index (κ1) is 21.4. The Morgan fingerprint density at radius 3 is 2.47 bits per heavy atom. The second kappa shape index (κ2) is 9.45. The average Bonchev–Trinajstić information content (AvgIpc) is 2.70. The van der Waals surface area contributed by atoms with Crippen LogP contribution in [-0.4, -0.2) is 34.6 Å². The van der Waals surface area contributed by atoms with Crippen molar-refractivity contribution < 1.29 is 23.0 Å². The maximum atomic E-state index is 12.4. The highest BCUT2D eigenvalue weighted by Gasteiger charge is 2.31. The predicted octanol–water partition coefficient (Wildman–Crippen LogP) is 4.89. The zero-order valence-electron chi connectivity index (χ0n) is 16.2. The second-order valence-electron chi connectivity index (χ2n) is 6.48. The minimum Gasteiger partial charge on any atom is -0.406 e. The van der Waals surface area contributed by atoms with E-state index >= 15 is 0 Å². The first-order chi connectivity index (χ1) is 14.3. The molecule has 6 nitrogen and oxygen atoms in total. The number of aryl methyl sites for hydroxylation is 1. The number of benzene rings is 2. The summed E-state index contributed by atoms with van der Waals surface area (Å²) in [6.07, 6.45) is -4.20. The van der Waals surface area contributed by atoms with Gasteiger partial charge < -0.3 is 20.5 Å². The van der Waals surface area contributed by atoms with Crippen LogP contribution >= 0.6 is 0 Å². The number of anilines is 3. The fourth-order valence-electron chi connectivity index (χ4n) is 2.74. The van der Waals surface area contributed by atoms with E-state index < -0.39 is 6.36 Å². The number of ether oxygens (including phenoxy) is 1. The number of nitrogens with zero attached hydrogens (tertiary/aromatic N) is 2. The Kier molecular flexibility index (Phi) is 6.73. The third kappa shape index (κ3) is 6.08. The van der Waals surface area contributed by atoms with E-state index in [0.29, 0.717) is 41.7 Å². The second-order valence-corrected chi connectivity index (χ2v) is 6.48. The molecule has 0 aliphatic heterocycles. The normalized spacial score (nSPS) is 11.2. The Balaban J connectivity index is 1.88. The van der Waals surface area contributed by atoms with Crippen LogP contribution < -0.4 is 15.4 Å². The van der Waals surface area contributed by atoms with Crippen molar-refractivity contribution >= 4 is 17.5 Å². The molecule has 2 aromatic carbocycles. The summed E-state index contributed by atoms with van der Waals surface area (Å²) in [5.74, 6) is 0.564. The van der Waals surface area contributed by atoms with E-state index in [0.717, 1.165) is 5.56 Å². The highest BCUT2D eigenvalue weighted by molar-refractivity contribution is 5.68. The molecule has 9 heteroatoms. The van der Waals surface area contributed by atoms with E-state index in [-0.39, 0.29) is 12.4 Å². The smallest absolute Gasteiger partial charge is 0.406 e. The number of alkyl halides is 3. The van der Waals surface area contributed by atoms with Gasteiger partial charge in [0, 0.05) is 30.5 Å². The van der Waals surface area contributed by atoms with Gasteiger partial charge in [-0.3, -0.25) is 0 Å². The zero-order chi connectivity index (χ0) is 21.6. The van der Waals surface area contributed by atoms with Crippen LogP contribution in [0.1, 0.15) is 12.0 Å². The minimum absolute atomic E-state index is 0.0437. The number of halogens is 3. The Bertz CT molecular complexity index is 982. The Labute approximate surface area is 171 Å². The number of hydrogen-bond acceptors (Lipinski definition) is 6. The molecular weight excluding hydrogens is 397 g/mol. The zero-order valence-corrected chi connectivity index (χ0v) is 16.2. The summed E-state index contributed by atoms with van der Waals surface area (Å²) in [5.41, 5.74) is 2.71. The van der Waals surface area contributed by atoms with E-state index in [2.05, 4.69) is 25.3 Å². The molecule has 0 bridgehead atoms. The van der Waals surface area contributed by atoms with Gasteiger partial charge in [0.25, 0.3) is 0 Å². The van der Waals surface area contributed by atoms with Crippen LogP contribution in [0.15, 0.2) is 54.6 Å². The number of aliphatic hydroxyl groups excluding tert-OH is 1. The third-order valence-electron chi connectivity index (χ3n) is 4.11. The molecule has 0 fully saturated rings. The molecule has 0 saturated carbocycles. The van der Waals surface area contributed by atoms with Crippen LogP contribution in [0, 0.1) is 6.92 Å². The van der Waals surface area contributed by atoms with E-state index in [4.69, 9.17) is 5.11 Å². The summed E-state index contributed by atoms with van der Waals surface area (Å²) in [6.45, 7) is 2.21. The molecule has 30 heavy (non-hydrogen) atoms. The molecule has 0 aliphatic rings. The van der Waals surface area contributed by atoms with Gasteiger partial charge in [-0.2, -0.15) is 4.98 Å². The van der Waals surface area contributed by atoms with Gasteiger partial charge in [0.15, 0.2) is 0 Å². The van der Waals surface area contributed by atoms with Crippen LogP contribution in [0.2, 0.25) is 0 Å². The number of aromatic nitrogens is 2. The summed E-state index contributed by atoms with van der Waals surface area (Å²) in [4.78, 5) is 8.93. The molecule has 1 heterocycles. The first-order valence-electron chi connectivity index (χ1n) is 9.27. The van der Waals surface area contributed by atoms with Crippen LogP contribution in [0.5, 0.6) is 5.75 Å². The van der Waals surface area contributed by atoms with Crippen molar-refractivity contribution in [3.63, 3.8) is 0 Å². The number of aliphatic hydroxyl groups is 1. The SMILES string of the molecule is Cc1cc(OC(F)(F)F)ccc1Nc1cc(-c2ccccc2)nc(NCCCO)n1. The molecule has 0 amide bonds. The number of nitrogens with one attached hydrogen (secondary N) is 2. The topological polar surface area (TPSA) is 79.3 Å². The summed E-state index contributed by atoms with van der Waals surface area (Å²) >= 11 is 0. The Hall–Kier alpha value is -3.33. The Morgan fingerprint density at radius 2 is 1.80 bits per heavy atom. The van der Waals surface area contributed by atoms with Crippen LogP contribution in [-0.2, 0) is 0 Å². The van der Waals surface area contributed by atoms with Crippen molar-refractivity contribution in [3.05, 3.63) is 60.2 Å².